The van der Waals surface area contributed by atoms with Crippen molar-refractivity contribution in [2.24, 2.45) is 0 Å². The third kappa shape index (κ3) is 2.93. The molecule has 0 saturated heterocycles. The third-order valence-electron chi connectivity index (χ3n) is 1.55. The molecule has 0 aliphatic rings. The van der Waals surface area contributed by atoms with Crippen molar-refractivity contribution in [3.63, 3.8) is 0 Å². The van der Waals surface area contributed by atoms with Crippen LogP contribution in [0.25, 0.3) is 0 Å². The zero-order valence-electron chi connectivity index (χ0n) is 7.58. The van der Waals surface area contributed by atoms with E-state index < -0.39 is 0 Å². The molecular weight excluding hydrogens is 150 g/mol. The van der Waals surface area contributed by atoms with Crippen molar-refractivity contribution in [2.45, 2.75) is 20.1 Å². The molecule has 0 saturated carbocycles. The topological polar surface area (TPSA) is 21.3 Å². The molecule has 1 unspecified atom stereocenters. The lowest BCUT2D eigenvalue weighted by Gasteiger charge is -2.14. The van der Waals surface area contributed by atoms with Gasteiger partial charge in [0.2, 0.25) is 0 Å². The van der Waals surface area contributed by atoms with Gasteiger partial charge in [0, 0.05) is 0 Å². The first-order valence-corrected chi connectivity index (χ1v) is 4.28. The molecule has 0 bridgehead atoms. The van der Waals surface area contributed by atoms with Gasteiger partial charge in [0.1, 0.15) is 12.0 Å². The first-order chi connectivity index (χ1) is 5.83. The van der Waals surface area contributed by atoms with Crippen LogP contribution in [0, 0.1) is 0 Å². The van der Waals surface area contributed by atoms with Crippen LogP contribution in [0.4, 0.5) is 0 Å². The Kier molecular flexibility index (Phi) is 3.61. The van der Waals surface area contributed by atoms with E-state index in [-0.39, 0.29) is 6.23 Å². The van der Waals surface area contributed by atoms with Crippen molar-refractivity contribution < 1.29 is 4.74 Å². The van der Waals surface area contributed by atoms with Crippen LogP contribution in [0.5, 0.6) is 5.75 Å². The van der Waals surface area contributed by atoms with Crippen LogP contribution < -0.4 is 10.1 Å². The Balaban J connectivity index is 2.41. The van der Waals surface area contributed by atoms with Gasteiger partial charge in [0.15, 0.2) is 0 Å². The molecule has 1 aromatic carbocycles. The van der Waals surface area contributed by atoms with Crippen LogP contribution in [0.3, 0.4) is 0 Å². The lowest BCUT2D eigenvalue weighted by atomic mass is 10.3. The minimum atomic E-state index is 0.0809. The average molecular weight is 165 g/mol. The standard InChI is InChI=1S/C10H15NO/c1-3-11-9(2)12-10-7-5-4-6-8-10/h4-9,11H,3H2,1-2H3. The second-order valence-electron chi connectivity index (χ2n) is 2.63. The Hall–Kier alpha value is -1.02. The van der Waals surface area contributed by atoms with Crippen molar-refractivity contribution in [1.82, 2.24) is 5.32 Å². The van der Waals surface area contributed by atoms with Gasteiger partial charge in [-0.15, -0.1) is 0 Å². The van der Waals surface area contributed by atoms with Crippen molar-refractivity contribution in [1.29, 1.82) is 0 Å². The molecule has 0 heterocycles. The zero-order valence-corrected chi connectivity index (χ0v) is 7.58. The number of ether oxygens (including phenoxy) is 1. The molecule has 0 aliphatic carbocycles. The van der Waals surface area contributed by atoms with Crippen LogP contribution in [-0.4, -0.2) is 12.8 Å². The van der Waals surface area contributed by atoms with Gasteiger partial charge in [-0.05, 0) is 25.6 Å². The Morgan fingerprint density at radius 1 is 1.33 bits per heavy atom. The van der Waals surface area contributed by atoms with Crippen molar-refractivity contribution in [3.8, 4) is 5.75 Å². The summed E-state index contributed by atoms with van der Waals surface area (Å²) in [5, 5.41) is 3.17. The minimum absolute atomic E-state index is 0.0809. The molecule has 0 aromatic heterocycles. The fraction of sp³-hybridized carbons (Fsp3) is 0.400. The van der Waals surface area contributed by atoms with Crippen LogP contribution >= 0.6 is 0 Å². The second kappa shape index (κ2) is 4.78. The maximum Gasteiger partial charge on any atom is 0.147 e. The predicted molar refractivity (Wildman–Crippen MR) is 50.2 cm³/mol. The van der Waals surface area contributed by atoms with Crippen LogP contribution in [0.1, 0.15) is 13.8 Å². The highest BCUT2D eigenvalue weighted by atomic mass is 16.5. The molecule has 0 spiro atoms. The molecule has 1 N–H and O–H groups in total. The smallest absolute Gasteiger partial charge is 0.147 e. The van der Waals surface area contributed by atoms with Gasteiger partial charge < -0.3 is 4.74 Å². The summed E-state index contributed by atoms with van der Waals surface area (Å²) in [6.07, 6.45) is 0.0809. The number of hydrogen-bond acceptors (Lipinski definition) is 2. The highest BCUT2D eigenvalue weighted by molar-refractivity contribution is 5.21. The SMILES string of the molecule is CCNC(C)Oc1ccccc1. The number of benzene rings is 1. The van der Waals surface area contributed by atoms with Crippen LogP contribution in [0.2, 0.25) is 0 Å². The summed E-state index contributed by atoms with van der Waals surface area (Å²) >= 11 is 0. The van der Waals surface area contributed by atoms with E-state index in [0.717, 1.165) is 12.3 Å². The van der Waals surface area contributed by atoms with E-state index >= 15 is 0 Å². The number of para-hydroxylation sites is 1. The fourth-order valence-corrected chi connectivity index (χ4v) is 1.03. The number of hydrogen-bond donors (Lipinski definition) is 1. The van der Waals surface area contributed by atoms with E-state index in [2.05, 4.69) is 12.2 Å². The molecule has 1 rings (SSSR count). The van der Waals surface area contributed by atoms with Gasteiger partial charge in [-0.3, -0.25) is 5.32 Å². The van der Waals surface area contributed by atoms with Gasteiger partial charge in [-0.1, -0.05) is 25.1 Å². The van der Waals surface area contributed by atoms with Gasteiger partial charge in [0.25, 0.3) is 0 Å². The van der Waals surface area contributed by atoms with E-state index in [9.17, 15) is 0 Å². The molecule has 12 heavy (non-hydrogen) atoms. The fourth-order valence-electron chi connectivity index (χ4n) is 1.03. The molecule has 1 atom stereocenters. The maximum atomic E-state index is 5.54. The van der Waals surface area contributed by atoms with E-state index in [1.54, 1.807) is 0 Å². The van der Waals surface area contributed by atoms with Crippen LogP contribution in [0.15, 0.2) is 30.3 Å². The Labute approximate surface area is 73.6 Å². The summed E-state index contributed by atoms with van der Waals surface area (Å²) in [5.41, 5.74) is 0. The molecule has 0 aliphatic heterocycles. The Bertz CT molecular complexity index is 210. The van der Waals surface area contributed by atoms with Crippen LogP contribution in [-0.2, 0) is 0 Å². The van der Waals surface area contributed by atoms with Crippen molar-refractivity contribution in [3.05, 3.63) is 30.3 Å². The monoisotopic (exact) mass is 165 g/mol. The van der Waals surface area contributed by atoms with Gasteiger partial charge in [-0.25, -0.2) is 0 Å². The average Bonchev–Trinajstić information content (AvgIpc) is 2.06. The molecular formula is C10H15NO. The quantitative estimate of drug-likeness (QED) is 0.689. The van der Waals surface area contributed by atoms with Crippen molar-refractivity contribution >= 4 is 0 Å². The first-order valence-electron chi connectivity index (χ1n) is 4.28. The summed E-state index contributed by atoms with van der Waals surface area (Å²) in [6.45, 7) is 4.98. The highest BCUT2D eigenvalue weighted by Gasteiger charge is 1.98. The Morgan fingerprint density at radius 3 is 2.58 bits per heavy atom. The van der Waals surface area contributed by atoms with Gasteiger partial charge in [-0.2, -0.15) is 0 Å². The Morgan fingerprint density at radius 2 is 2.00 bits per heavy atom. The first kappa shape index (κ1) is 9.07. The van der Waals surface area contributed by atoms with Crippen molar-refractivity contribution in [2.75, 3.05) is 6.54 Å². The van der Waals surface area contributed by atoms with Gasteiger partial charge >= 0.3 is 0 Å². The molecule has 66 valence electrons. The minimum Gasteiger partial charge on any atom is -0.476 e. The zero-order chi connectivity index (χ0) is 8.81. The molecule has 2 heteroatoms. The molecule has 0 radical (unpaired) electrons. The summed E-state index contributed by atoms with van der Waals surface area (Å²) in [5.74, 6) is 0.908. The van der Waals surface area contributed by atoms with E-state index in [0.29, 0.717) is 0 Å². The van der Waals surface area contributed by atoms with E-state index in [1.165, 1.54) is 0 Å². The summed E-state index contributed by atoms with van der Waals surface area (Å²) in [4.78, 5) is 0. The predicted octanol–water partition coefficient (Wildman–Crippen LogP) is 2.02. The molecule has 0 amide bonds. The summed E-state index contributed by atoms with van der Waals surface area (Å²) < 4.78 is 5.54. The maximum absolute atomic E-state index is 5.54. The largest absolute Gasteiger partial charge is 0.476 e. The second-order valence-corrected chi connectivity index (χ2v) is 2.63. The lowest BCUT2D eigenvalue weighted by molar-refractivity contribution is 0.186. The summed E-state index contributed by atoms with van der Waals surface area (Å²) in [7, 11) is 0. The summed E-state index contributed by atoms with van der Waals surface area (Å²) in [6, 6.07) is 9.81. The number of nitrogens with one attached hydrogen (secondary N) is 1. The lowest BCUT2D eigenvalue weighted by Crippen LogP contribution is -2.30. The van der Waals surface area contributed by atoms with Gasteiger partial charge in [0.05, 0.1) is 0 Å². The molecule has 1 aromatic rings. The van der Waals surface area contributed by atoms with E-state index in [1.807, 2.05) is 37.3 Å². The van der Waals surface area contributed by atoms with E-state index in [4.69, 9.17) is 4.74 Å². The normalized spacial score (nSPS) is 12.5. The molecule has 2 nitrogen and oxygen atoms in total. The number of rotatable bonds is 4. The third-order valence-corrected chi connectivity index (χ3v) is 1.55. The highest BCUT2D eigenvalue weighted by Crippen LogP contribution is 2.09. The molecule has 0 fully saturated rings.